The van der Waals surface area contributed by atoms with Gasteiger partial charge in [-0.15, -0.1) is 0 Å². The molecular formula is C12H12BrN3O2. The van der Waals surface area contributed by atoms with Crippen molar-refractivity contribution in [2.24, 2.45) is 0 Å². The predicted octanol–water partition coefficient (Wildman–Crippen LogP) is 2.75. The number of hydrogen-bond donors (Lipinski definition) is 3. The van der Waals surface area contributed by atoms with E-state index in [0.717, 1.165) is 15.7 Å². The number of carbonyl (C=O) groups excluding carboxylic acids is 1. The number of rotatable bonds is 2. The normalized spacial score (nSPS) is 10.4. The maximum absolute atomic E-state index is 12.0. The molecule has 2 rings (SSSR count). The molecule has 0 fully saturated rings. The summed E-state index contributed by atoms with van der Waals surface area (Å²) in [6, 6.07) is 4.68. The molecule has 0 bridgehead atoms. The molecule has 0 saturated heterocycles. The first kappa shape index (κ1) is 12.6. The zero-order valence-corrected chi connectivity index (χ0v) is 11.5. The molecule has 1 aromatic carbocycles. The monoisotopic (exact) mass is 309 g/mol. The fourth-order valence-corrected chi connectivity index (χ4v) is 1.83. The van der Waals surface area contributed by atoms with Crippen molar-refractivity contribution in [2.45, 2.75) is 13.8 Å². The van der Waals surface area contributed by atoms with Crippen LogP contribution < -0.4 is 5.32 Å². The van der Waals surface area contributed by atoms with Crippen LogP contribution in [-0.4, -0.2) is 21.2 Å². The maximum Gasteiger partial charge on any atom is 0.260 e. The van der Waals surface area contributed by atoms with Crippen molar-refractivity contribution in [3.05, 3.63) is 39.5 Å². The van der Waals surface area contributed by atoms with Crippen molar-refractivity contribution < 1.29 is 9.90 Å². The van der Waals surface area contributed by atoms with E-state index in [1.807, 2.05) is 13.8 Å². The van der Waals surface area contributed by atoms with Crippen LogP contribution in [0, 0.1) is 13.8 Å². The van der Waals surface area contributed by atoms with Crippen molar-refractivity contribution in [1.29, 1.82) is 0 Å². The van der Waals surface area contributed by atoms with E-state index >= 15 is 0 Å². The molecule has 94 valence electrons. The zero-order chi connectivity index (χ0) is 13.3. The minimum absolute atomic E-state index is 0.0689. The van der Waals surface area contributed by atoms with Crippen LogP contribution in [0.1, 0.15) is 21.6 Å². The topological polar surface area (TPSA) is 78.0 Å². The number of nitrogens with zero attached hydrogens (tertiary/aromatic N) is 1. The van der Waals surface area contributed by atoms with Gasteiger partial charge < -0.3 is 10.4 Å². The fourth-order valence-electron chi connectivity index (χ4n) is 1.47. The van der Waals surface area contributed by atoms with Gasteiger partial charge in [0, 0.05) is 15.7 Å². The van der Waals surface area contributed by atoms with Crippen LogP contribution in [0.4, 0.5) is 5.82 Å². The Morgan fingerprint density at radius 2 is 2.17 bits per heavy atom. The Bertz CT molecular complexity index is 607. The SMILES string of the molecule is Cc1[nH]nc(NC(=O)c2cc(Br)ccc2O)c1C. The van der Waals surface area contributed by atoms with Gasteiger partial charge in [-0.2, -0.15) is 5.10 Å². The molecule has 5 nitrogen and oxygen atoms in total. The summed E-state index contributed by atoms with van der Waals surface area (Å²) < 4.78 is 0.723. The molecule has 1 amide bonds. The molecule has 0 unspecified atom stereocenters. The molecule has 0 saturated carbocycles. The number of H-pyrrole nitrogens is 1. The number of phenols is 1. The summed E-state index contributed by atoms with van der Waals surface area (Å²) >= 11 is 3.26. The summed E-state index contributed by atoms with van der Waals surface area (Å²) in [5, 5.41) is 19.1. The molecule has 0 aliphatic heterocycles. The van der Waals surface area contributed by atoms with Crippen LogP contribution in [0.25, 0.3) is 0 Å². The third-order valence-corrected chi connectivity index (χ3v) is 3.18. The van der Waals surface area contributed by atoms with Crippen molar-refractivity contribution in [1.82, 2.24) is 10.2 Å². The van der Waals surface area contributed by atoms with Crippen LogP contribution in [0.15, 0.2) is 22.7 Å². The first-order valence-electron chi connectivity index (χ1n) is 5.30. The summed E-state index contributed by atoms with van der Waals surface area (Å²) in [5.41, 5.74) is 1.96. The Kier molecular flexibility index (Phi) is 3.38. The van der Waals surface area contributed by atoms with Crippen molar-refractivity contribution in [3.8, 4) is 5.75 Å². The standard InChI is InChI=1S/C12H12BrN3O2/c1-6-7(2)15-16-11(6)14-12(18)9-5-8(13)3-4-10(9)17/h3-5,17H,1-2H3,(H2,14,15,16,18). The van der Waals surface area contributed by atoms with Gasteiger partial charge in [-0.1, -0.05) is 15.9 Å². The molecule has 1 aromatic heterocycles. The van der Waals surface area contributed by atoms with E-state index in [0.29, 0.717) is 5.82 Å². The van der Waals surface area contributed by atoms with E-state index < -0.39 is 5.91 Å². The Labute approximate surface area is 112 Å². The van der Waals surface area contributed by atoms with E-state index in [4.69, 9.17) is 0 Å². The van der Waals surface area contributed by atoms with Gasteiger partial charge in [0.15, 0.2) is 5.82 Å². The number of benzene rings is 1. The lowest BCUT2D eigenvalue weighted by Gasteiger charge is -2.05. The molecule has 6 heteroatoms. The number of aromatic amines is 1. The van der Waals surface area contributed by atoms with Gasteiger partial charge in [0.1, 0.15) is 5.75 Å². The van der Waals surface area contributed by atoms with Crippen molar-refractivity contribution >= 4 is 27.7 Å². The van der Waals surface area contributed by atoms with Gasteiger partial charge in [0.2, 0.25) is 0 Å². The minimum atomic E-state index is -0.400. The maximum atomic E-state index is 12.0. The zero-order valence-electron chi connectivity index (χ0n) is 9.91. The van der Waals surface area contributed by atoms with E-state index in [1.165, 1.54) is 6.07 Å². The largest absolute Gasteiger partial charge is 0.507 e. The molecule has 0 atom stereocenters. The second-order valence-corrected chi connectivity index (χ2v) is 4.85. The van der Waals surface area contributed by atoms with Gasteiger partial charge >= 0.3 is 0 Å². The number of phenolic OH excluding ortho intramolecular Hbond substituents is 1. The molecule has 0 spiro atoms. The Morgan fingerprint density at radius 1 is 1.44 bits per heavy atom. The molecule has 0 aliphatic carbocycles. The molecular weight excluding hydrogens is 298 g/mol. The van der Waals surface area contributed by atoms with Gasteiger partial charge in [0.05, 0.1) is 5.56 Å². The van der Waals surface area contributed by atoms with E-state index in [1.54, 1.807) is 12.1 Å². The lowest BCUT2D eigenvalue weighted by atomic mass is 10.2. The third kappa shape index (κ3) is 2.38. The predicted molar refractivity (Wildman–Crippen MR) is 71.8 cm³/mol. The number of aryl methyl sites for hydroxylation is 1. The molecule has 2 aromatic rings. The summed E-state index contributed by atoms with van der Waals surface area (Å²) in [4.78, 5) is 12.0. The summed E-state index contributed by atoms with van der Waals surface area (Å²) in [6.07, 6.45) is 0. The summed E-state index contributed by atoms with van der Waals surface area (Å²) in [5.74, 6) is 0.000821. The smallest absolute Gasteiger partial charge is 0.260 e. The average Bonchev–Trinajstić information content (AvgIpc) is 2.64. The second-order valence-electron chi connectivity index (χ2n) is 3.94. The van der Waals surface area contributed by atoms with Gasteiger partial charge in [0.25, 0.3) is 5.91 Å². The lowest BCUT2D eigenvalue weighted by molar-refractivity contribution is 0.102. The Morgan fingerprint density at radius 3 is 2.78 bits per heavy atom. The summed E-state index contributed by atoms with van der Waals surface area (Å²) in [6.45, 7) is 3.73. The van der Waals surface area contributed by atoms with Gasteiger partial charge in [-0.25, -0.2) is 0 Å². The van der Waals surface area contributed by atoms with E-state index in [2.05, 4.69) is 31.4 Å². The van der Waals surface area contributed by atoms with Crippen LogP contribution in [0.3, 0.4) is 0 Å². The number of halogens is 1. The van der Waals surface area contributed by atoms with E-state index in [-0.39, 0.29) is 11.3 Å². The van der Waals surface area contributed by atoms with Crippen molar-refractivity contribution in [3.63, 3.8) is 0 Å². The molecule has 18 heavy (non-hydrogen) atoms. The number of hydrogen-bond acceptors (Lipinski definition) is 3. The van der Waals surface area contributed by atoms with Crippen LogP contribution in [-0.2, 0) is 0 Å². The minimum Gasteiger partial charge on any atom is -0.507 e. The second kappa shape index (κ2) is 4.81. The molecule has 3 N–H and O–H groups in total. The highest BCUT2D eigenvalue weighted by Gasteiger charge is 2.14. The molecule has 0 radical (unpaired) electrons. The number of amides is 1. The first-order chi connectivity index (χ1) is 8.49. The summed E-state index contributed by atoms with van der Waals surface area (Å²) in [7, 11) is 0. The van der Waals surface area contributed by atoms with Crippen molar-refractivity contribution in [2.75, 3.05) is 5.32 Å². The first-order valence-corrected chi connectivity index (χ1v) is 6.09. The molecule has 0 aliphatic rings. The number of nitrogens with one attached hydrogen (secondary N) is 2. The quantitative estimate of drug-likeness (QED) is 0.798. The fraction of sp³-hybridized carbons (Fsp3) is 0.167. The van der Waals surface area contributed by atoms with E-state index in [9.17, 15) is 9.90 Å². The van der Waals surface area contributed by atoms with Crippen LogP contribution in [0.2, 0.25) is 0 Å². The Hall–Kier alpha value is -1.82. The lowest BCUT2D eigenvalue weighted by Crippen LogP contribution is -2.13. The highest BCUT2D eigenvalue weighted by molar-refractivity contribution is 9.10. The highest BCUT2D eigenvalue weighted by atomic mass is 79.9. The number of carbonyl (C=O) groups is 1. The van der Waals surface area contributed by atoms with Gasteiger partial charge in [-0.3, -0.25) is 9.89 Å². The average molecular weight is 310 g/mol. The number of aromatic nitrogens is 2. The highest BCUT2D eigenvalue weighted by Crippen LogP contribution is 2.23. The van der Waals surface area contributed by atoms with Crippen LogP contribution in [0.5, 0.6) is 5.75 Å². The third-order valence-electron chi connectivity index (χ3n) is 2.69. The van der Waals surface area contributed by atoms with Crippen LogP contribution >= 0.6 is 15.9 Å². The van der Waals surface area contributed by atoms with Gasteiger partial charge in [-0.05, 0) is 32.0 Å². The number of aromatic hydroxyl groups is 1. The molecule has 1 heterocycles. The Balaban J connectivity index is 2.27. The number of anilines is 1.